The average molecular weight is 366 g/mol. The van der Waals surface area contributed by atoms with E-state index in [1.165, 1.54) is 13.3 Å². The van der Waals surface area contributed by atoms with Crippen molar-refractivity contribution in [2.24, 2.45) is 11.8 Å². The Kier molecular flexibility index (Phi) is 6.30. The minimum absolute atomic E-state index is 0.0783. The Bertz CT molecular complexity index is 726. The fraction of sp³-hybridized carbons (Fsp3) is 0.650. The van der Waals surface area contributed by atoms with Crippen molar-refractivity contribution in [2.75, 3.05) is 0 Å². The van der Waals surface area contributed by atoms with Crippen molar-refractivity contribution in [1.82, 2.24) is 5.32 Å². The third kappa shape index (κ3) is 4.84. The zero-order chi connectivity index (χ0) is 18.8. The Morgan fingerprint density at radius 3 is 2.60 bits per heavy atom. The topological polar surface area (TPSA) is 63.2 Å². The van der Waals surface area contributed by atoms with E-state index >= 15 is 0 Å². The molecule has 1 aromatic rings. The number of benzene rings is 1. The number of aryl methyl sites for hydroxylation is 2. The molecule has 1 fully saturated rings. The zero-order valence-corrected chi connectivity index (χ0v) is 16.8. The van der Waals surface area contributed by atoms with Crippen LogP contribution in [-0.4, -0.2) is 25.6 Å². The monoisotopic (exact) mass is 365 g/mol. The van der Waals surface area contributed by atoms with Crippen LogP contribution in [0.15, 0.2) is 18.2 Å². The SMILES string of the molecule is Cc1ccc(C)c(CS(=O)(=O)C(C)C(=O)NC2CCCC(C)C2C)c1. The van der Waals surface area contributed by atoms with Crippen molar-refractivity contribution in [3.05, 3.63) is 34.9 Å². The lowest BCUT2D eigenvalue weighted by Gasteiger charge is -2.35. The van der Waals surface area contributed by atoms with E-state index in [-0.39, 0.29) is 17.7 Å². The van der Waals surface area contributed by atoms with E-state index in [1.807, 2.05) is 32.0 Å². The molecule has 0 bridgehead atoms. The highest BCUT2D eigenvalue weighted by Crippen LogP contribution is 2.29. The second-order valence-electron chi connectivity index (χ2n) is 7.76. The van der Waals surface area contributed by atoms with Crippen LogP contribution in [0.3, 0.4) is 0 Å². The third-order valence-electron chi connectivity index (χ3n) is 5.80. The highest BCUT2D eigenvalue weighted by atomic mass is 32.2. The molecule has 0 saturated heterocycles. The molecule has 1 N–H and O–H groups in total. The van der Waals surface area contributed by atoms with Gasteiger partial charge >= 0.3 is 0 Å². The van der Waals surface area contributed by atoms with Crippen molar-refractivity contribution >= 4 is 15.7 Å². The van der Waals surface area contributed by atoms with Crippen LogP contribution in [0.25, 0.3) is 0 Å². The molecule has 1 amide bonds. The molecule has 0 heterocycles. The Morgan fingerprint density at radius 2 is 1.92 bits per heavy atom. The van der Waals surface area contributed by atoms with Crippen LogP contribution in [0.4, 0.5) is 0 Å². The Balaban J connectivity index is 2.08. The van der Waals surface area contributed by atoms with Crippen molar-refractivity contribution in [3.8, 4) is 0 Å². The van der Waals surface area contributed by atoms with Crippen LogP contribution >= 0.6 is 0 Å². The summed E-state index contributed by atoms with van der Waals surface area (Å²) in [7, 11) is -3.55. The number of sulfone groups is 1. The summed E-state index contributed by atoms with van der Waals surface area (Å²) in [6.07, 6.45) is 3.19. The number of amides is 1. The van der Waals surface area contributed by atoms with Gasteiger partial charge in [-0.25, -0.2) is 8.42 Å². The van der Waals surface area contributed by atoms with E-state index in [2.05, 4.69) is 19.2 Å². The Labute approximate surface area is 152 Å². The normalized spacial score (nSPS) is 25.4. The molecule has 25 heavy (non-hydrogen) atoms. The largest absolute Gasteiger partial charge is 0.352 e. The predicted molar refractivity (Wildman–Crippen MR) is 102 cm³/mol. The second-order valence-corrected chi connectivity index (χ2v) is 10.1. The van der Waals surface area contributed by atoms with Crippen LogP contribution in [0.2, 0.25) is 0 Å². The van der Waals surface area contributed by atoms with Gasteiger partial charge in [0, 0.05) is 6.04 Å². The fourth-order valence-electron chi connectivity index (χ4n) is 3.55. The van der Waals surface area contributed by atoms with Crippen molar-refractivity contribution < 1.29 is 13.2 Å². The zero-order valence-electron chi connectivity index (χ0n) is 16.0. The minimum Gasteiger partial charge on any atom is -0.352 e. The van der Waals surface area contributed by atoms with Crippen LogP contribution in [-0.2, 0) is 20.4 Å². The van der Waals surface area contributed by atoms with Gasteiger partial charge in [-0.1, -0.05) is 50.5 Å². The van der Waals surface area contributed by atoms with Gasteiger partial charge in [-0.15, -0.1) is 0 Å². The second kappa shape index (κ2) is 7.90. The van der Waals surface area contributed by atoms with E-state index in [4.69, 9.17) is 0 Å². The summed E-state index contributed by atoms with van der Waals surface area (Å²) in [5, 5.41) is 1.97. The highest BCUT2D eigenvalue weighted by Gasteiger charge is 2.33. The first-order valence-corrected chi connectivity index (χ1v) is 10.9. The lowest BCUT2D eigenvalue weighted by molar-refractivity contribution is -0.121. The van der Waals surface area contributed by atoms with Gasteiger partial charge in [0.25, 0.3) is 0 Å². The maximum Gasteiger partial charge on any atom is 0.238 e. The Hall–Kier alpha value is -1.36. The van der Waals surface area contributed by atoms with E-state index in [1.54, 1.807) is 0 Å². The average Bonchev–Trinajstić information content (AvgIpc) is 2.54. The van der Waals surface area contributed by atoms with Gasteiger partial charge in [-0.05, 0) is 50.2 Å². The number of hydrogen-bond acceptors (Lipinski definition) is 3. The predicted octanol–water partition coefficient (Wildman–Crippen LogP) is 3.55. The first-order valence-electron chi connectivity index (χ1n) is 9.20. The third-order valence-corrected chi connectivity index (χ3v) is 7.81. The van der Waals surface area contributed by atoms with Crippen LogP contribution in [0.1, 0.15) is 56.7 Å². The maximum absolute atomic E-state index is 12.7. The van der Waals surface area contributed by atoms with Crippen molar-refractivity contribution in [3.63, 3.8) is 0 Å². The van der Waals surface area contributed by atoms with Gasteiger partial charge in [-0.3, -0.25) is 4.79 Å². The van der Waals surface area contributed by atoms with E-state index in [9.17, 15) is 13.2 Å². The van der Waals surface area contributed by atoms with Gasteiger partial charge in [-0.2, -0.15) is 0 Å². The molecule has 0 spiro atoms. The van der Waals surface area contributed by atoms with Crippen molar-refractivity contribution in [2.45, 2.75) is 70.9 Å². The molecule has 1 saturated carbocycles. The summed E-state index contributed by atoms with van der Waals surface area (Å²) in [4.78, 5) is 12.6. The molecule has 1 aromatic carbocycles. The summed E-state index contributed by atoms with van der Waals surface area (Å²) in [6.45, 7) is 9.69. The van der Waals surface area contributed by atoms with Gasteiger partial charge in [0.1, 0.15) is 5.25 Å². The molecule has 1 aliphatic carbocycles. The van der Waals surface area contributed by atoms with E-state index in [0.717, 1.165) is 29.5 Å². The molecule has 2 rings (SSSR count). The van der Waals surface area contributed by atoms with Gasteiger partial charge in [0.2, 0.25) is 5.91 Å². The van der Waals surface area contributed by atoms with Crippen LogP contribution < -0.4 is 5.32 Å². The molecule has 0 radical (unpaired) electrons. The molecule has 0 aromatic heterocycles. The summed E-state index contributed by atoms with van der Waals surface area (Å²) in [5.74, 6) is 0.481. The maximum atomic E-state index is 12.7. The molecular weight excluding hydrogens is 334 g/mol. The first kappa shape index (κ1) is 20.0. The molecule has 4 atom stereocenters. The quantitative estimate of drug-likeness (QED) is 0.868. The van der Waals surface area contributed by atoms with Gasteiger partial charge < -0.3 is 5.32 Å². The molecule has 0 aliphatic heterocycles. The molecule has 1 aliphatic rings. The van der Waals surface area contributed by atoms with E-state index in [0.29, 0.717) is 11.8 Å². The molecular formula is C20H31NO3S. The van der Waals surface area contributed by atoms with Gasteiger partial charge in [0.05, 0.1) is 5.75 Å². The molecule has 5 heteroatoms. The van der Waals surface area contributed by atoms with Crippen LogP contribution in [0.5, 0.6) is 0 Å². The van der Waals surface area contributed by atoms with Crippen LogP contribution in [0, 0.1) is 25.7 Å². The summed E-state index contributed by atoms with van der Waals surface area (Å²) >= 11 is 0. The van der Waals surface area contributed by atoms with E-state index < -0.39 is 15.1 Å². The number of carbonyl (C=O) groups excluding carboxylic acids is 1. The summed E-state index contributed by atoms with van der Waals surface area (Å²) < 4.78 is 25.5. The number of nitrogens with one attached hydrogen (secondary N) is 1. The number of rotatable bonds is 5. The summed E-state index contributed by atoms with van der Waals surface area (Å²) in [6, 6.07) is 5.86. The number of hydrogen-bond donors (Lipinski definition) is 1. The Morgan fingerprint density at radius 1 is 1.24 bits per heavy atom. The first-order chi connectivity index (χ1) is 11.6. The lowest BCUT2D eigenvalue weighted by Crippen LogP contribution is -2.48. The molecule has 4 unspecified atom stereocenters. The molecule has 4 nitrogen and oxygen atoms in total. The molecule has 140 valence electrons. The van der Waals surface area contributed by atoms with Gasteiger partial charge in [0.15, 0.2) is 9.84 Å². The standard InChI is InChI=1S/C20H31NO3S/c1-13-9-10-15(3)18(11-13)12-25(23,24)17(5)20(22)21-19-8-6-7-14(2)16(19)4/h9-11,14,16-17,19H,6-8,12H2,1-5H3,(H,21,22). The highest BCUT2D eigenvalue weighted by molar-refractivity contribution is 7.92. The fourth-order valence-corrected chi connectivity index (χ4v) is 4.94. The minimum atomic E-state index is -3.55. The van der Waals surface area contributed by atoms with Crippen molar-refractivity contribution in [1.29, 1.82) is 0 Å². The lowest BCUT2D eigenvalue weighted by atomic mass is 9.78. The smallest absolute Gasteiger partial charge is 0.238 e. The number of carbonyl (C=O) groups is 1. The summed E-state index contributed by atoms with van der Waals surface area (Å²) in [5.41, 5.74) is 2.74.